The molecule has 1 aromatic carbocycles. The molecule has 138 valence electrons. The molecule has 0 saturated carbocycles. The fourth-order valence-electron chi connectivity index (χ4n) is 2.91. The quantitative estimate of drug-likeness (QED) is 0.462. The summed E-state index contributed by atoms with van der Waals surface area (Å²) < 4.78 is 29.4. The van der Waals surface area contributed by atoms with E-state index >= 15 is 0 Å². The minimum atomic E-state index is -3.10. The van der Waals surface area contributed by atoms with Gasteiger partial charge in [-0.3, -0.25) is 4.79 Å². The number of hydrogen-bond donors (Lipinski definition) is 0. The van der Waals surface area contributed by atoms with Gasteiger partial charge in [0, 0.05) is 15.7 Å². The highest BCUT2D eigenvalue weighted by Gasteiger charge is 2.36. The monoisotopic (exact) mass is 479 g/mol. The number of halogens is 1. The molecule has 2 atom stereocenters. The summed E-state index contributed by atoms with van der Waals surface area (Å²) in [5.41, 5.74) is 0.412. The van der Waals surface area contributed by atoms with E-state index < -0.39 is 15.8 Å². The third-order valence-corrected chi connectivity index (χ3v) is 7.07. The molecule has 0 aromatic heterocycles. The molecular weight excluding hydrogens is 457 g/mol. The van der Waals surface area contributed by atoms with Crippen molar-refractivity contribution in [3.8, 4) is 0 Å². The van der Waals surface area contributed by atoms with Gasteiger partial charge in [-0.2, -0.15) is 0 Å². The molecule has 0 spiro atoms. The van der Waals surface area contributed by atoms with Crippen LogP contribution in [0.2, 0.25) is 0 Å². The summed E-state index contributed by atoms with van der Waals surface area (Å²) in [6, 6.07) is 6.52. The highest BCUT2D eigenvalue weighted by Crippen LogP contribution is 2.21. The van der Waals surface area contributed by atoms with Crippen molar-refractivity contribution in [2.75, 3.05) is 18.1 Å². The van der Waals surface area contributed by atoms with Crippen LogP contribution in [0.3, 0.4) is 0 Å². The molecule has 1 aliphatic rings. The maximum atomic E-state index is 12.6. The van der Waals surface area contributed by atoms with Crippen molar-refractivity contribution in [3.63, 3.8) is 0 Å². The lowest BCUT2D eigenvalue weighted by molar-refractivity contribution is -0.138. The molecule has 0 radical (unpaired) electrons. The van der Waals surface area contributed by atoms with Crippen LogP contribution in [0.5, 0.6) is 0 Å². The summed E-state index contributed by atoms with van der Waals surface area (Å²) in [7, 11) is -3.10. The summed E-state index contributed by atoms with van der Waals surface area (Å²) in [6.07, 6.45) is 1.13. The number of carbonyl (C=O) groups excluding carboxylic acids is 2. The number of amides is 1. The summed E-state index contributed by atoms with van der Waals surface area (Å²) in [5, 5.41) is 0. The van der Waals surface area contributed by atoms with Crippen LogP contribution in [0.15, 0.2) is 24.3 Å². The number of carbonyl (C=O) groups is 2. The van der Waals surface area contributed by atoms with Crippen LogP contribution in [0.1, 0.15) is 37.0 Å². The van der Waals surface area contributed by atoms with Gasteiger partial charge in [0.05, 0.1) is 17.1 Å². The molecule has 1 saturated heterocycles. The Balaban J connectivity index is 2.05. The van der Waals surface area contributed by atoms with Crippen LogP contribution < -0.4 is 0 Å². The van der Waals surface area contributed by atoms with E-state index in [1.54, 1.807) is 23.1 Å². The first-order valence-electron chi connectivity index (χ1n) is 8.18. The van der Waals surface area contributed by atoms with E-state index in [0.717, 1.165) is 3.57 Å². The number of rotatable bonds is 6. The Morgan fingerprint density at radius 2 is 2.04 bits per heavy atom. The zero-order chi connectivity index (χ0) is 18.6. The molecule has 8 heteroatoms. The lowest BCUT2D eigenvalue weighted by Gasteiger charge is -2.33. The molecule has 2 rings (SSSR count). The van der Waals surface area contributed by atoms with Gasteiger partial charge in [0.1, 0.15) is 0 Å². The maximum Gasteiger partial charge on any atom is 0.339 e. The Morgan fingerprint density at radius 3 is 2.60 bits per heavy atom. The minimum Gasteiger partial charge on any atom is -0.452 e. The standard InChI is InChI=1S/C17H22INO5S/c1-3-12(2)19(13-8-9-25(22,23)11-13)16(20)10-24-17(21)14-6-4-5-7-15(14)18/h4-7,12-13H,3,8-11H2,1-2H3. The third kappa shape index (κ3) is 5.16. The summed E-state index contributed by atoms with van der Waals surface area (Å²) >= 11 is 2.03. The summed E-state index contributed by atoms with van der Waals surface area (Å²) in [5.74, 6) is -0.828. The Labute approximate surface area is 162 Å². The van der Waals surface area contributed by atoms with Gasteiger partial charge < -0.3 is 9.64 Å². The van der Waals surface area contributed by atoms with Crippen LogP contribution in [0.4, 0.5) is 0 Å². The van der Waals surface area contributed by atoms with Gasteiger partial charge in [0.25, 0.3) is 5.91 Å². The molecule has 1 amide bonds. The molecule has 6 nitrogen and oxygen atoms in total. The summed E-state index contributed by atoms with van der Waals surface area (Å²) in [6.45, 7) is 3.43. The van der Waals surface area contributed by atoms with Gasteiger partial charge in [0.2, 0.25) is 0 Å². The Hall–Kier alpha value is -1.16. The first kappa shape index (κ1) is 20.2. The molecule has 1 aromatic rings. The number of benzene rings is 1. The summed E-state index contributed by atoms with van der Waals surface area (Å²) in [4.78, 5) is 26.4. The zero-order valence-electron chi connectivity index (χ0n) is 14.3. The van der Waals surface area contributed by atoms with E-state index in [1.165, 1.54) is 0 Å². The van der Waals surface area contributed by atoms with E-state index in [0.29, 0.717) is 18.4 Å². The van der Waals surface area contributed by atoms with E-state index in [4.69, 9.17) is 4.74 Å². The second kappa shape index (κ2) is 8.48. The third-order valence-electron chi connectivity index (χ3n) is 4.38. The smallest absolute Gasteiger partial charge is 0.339 e. The Bertz CT molecular complexity index is 749. The predicted octanol–water partition coefficient (Wildman–Crippen LogP) is 2.26. The van der Waals surface area contributed by atoms with Crippen LogP contribution in [0.25, 0.3) is 0 Å². The fourth-order valence-corrected chi connectivity index (χ4v) is 5.23. The van der Waals surface area contributed by atoms with E-state index in [1.807, 2.05) is 42.5 Å². The van der Waals surface area contributed by atoms with E-state index in [-0.39, 0.29) is 36.1 Å². The Morgan fingerprint density at radius 1 is 1.36 bits per heavy atom. The topological polar surface area (TPSA) is 80.8 Å². The van der Waals surface area contributed by atoms with Crippen LogP contribution in [0, 0.1) is 3.57 Å². The van der Waals surface area contributed by atoms with Gasteiger partial charge in [-0.1, -0.05) is 19.1 Å². The molecule has 1 fully saturated rings. The van der Waals surface area contributed by atoms with Crippen molar-refractivity contribution in [2.45, 2.75) is 38.8 Å². The Kier molecular flexibility index (Phi) is 6.84. The van der Waals surface area contributed by atoms with Crippen molar-refractivity contribution in [1.29, 1.82) is 0 Å². The molecular formula is C17H22INO5S. The molecule has 1 aliphatic heterocycles. The predicted molar refractivity (Wildman–Crippen MR) is 103 cm³/mol. The molecule has 0 N–H and O–H groups in total. The maximum absolute atomic E-state index is 12.6. The minimum absolute atomic E-state index is 0.0202. The van der Waals surface area contributed by atoms with Crippen molar-refractivity contribution in [2.24, 2.45) is 0 Å². The van der Waals surface area contributed by atoms with Crippen molar-refractivity contribution < 1.29 is 22.7 Å². The molecule has 1 heterocycles. The van der Waals surface area contributed by atoms with Crippen molar-refractivity contribution >= 4 is 44.3 Å². The van der Waals surface area contributed by atoms with Gasteiger partial charge in [-0.25, -0.2) is 13.2 Å². The van der Waals surface area contributed by atoms with E-state index in [2.05, 4.69) is 0 Å². The second-order valence-corrected chi connectivity index (χ2v) is 9.56. The zero-order valence-corrected chi connectivity index (χ0v) is 17.2. The van der Waals surface area contributed by atoms with Crippen LogP contribution in [-0.4, -0.2) is 55.4 Å². The number of esters is 1. The number of sulfone groups is 1. The lowest BCUT2D eigenvalue weighted by Crippen LogP contribution is -2.48. The largest absolute Gasteiger partial charge is 0.452 e. The molecule has 0 bridgehead atoms. The van der Waals surface area contributed by atoms with Gasteiger partial charge in [-0.15, -0.1) is 0 Å². The molecule has 25 heavy (non-hydrogen) atoms. The number of hydrogen-bond acceptors (Lipinski definition) is 5. The van der Waals surface area contributed by atoms with Gasteiger partial charge >= 0.3 is 5.97 Å². The average molecular weight is 479 g/mol. The second-order valence-electron chi connectivity index (χ2n) is 6.17. The van der Waals surface area contributed by atoms with Gasteiger partial charge in [0.15, 0.2) is 16.4 Å². The highest BCUT2D eigenvalue weighted by atomic mass is 127. The molecule has 2 unspecified atom stereocenters. The average Bonchev–Trinajstić information content (AvgIpc) is 2.92. The normalized spacial score (nSPS) is 20.0. The number of ether oxygens (including phenoxy) is 1. The van der Waals surface area contributed by atoms with Crippen LogP contribution in [-0.2, 0) is 19.4 Å². The van der Waals surface area contributed by atoms with Crippen molar-refractivity contribution in [1.82, 2.24) is 4.90 Å². The fraction of sp³-hybridized carbons (Fsp3) is 0.529. The molecule has 0 aliphatic carbocycles. The van der Waals surface area contributed by atoms with E-state index in [9.17, 15) is 18.0 Å². The van der Waals surface area contributed by atoms with Crippen LogP contribution >= 0.6 is 22.6 Å². The highest BCUT2D eigenvalue weighted by molar-refractivity contribution is 14.1. The first-order valence-corrected chi connectivity index (χ1v) is 11.1. The van der Waals surface area contributed by atoms with Gasteiger partial charge in [-0.05, 0) is 54.5 Å². The number of nitrogens with zero attached hydrogens (tertiary/aromatic N) is 1. The van der Waals surface area contributed by atoms with Crippen molar-refractivity contribution in [3.05, 3.63) is 33.4 Å². The lowest BCUT2D eigenvalue weighted by atomic mass is 10.1. The first-order chi connectivity index (χ1) is 11.7. The SMILES string of the molecule is CCC(C)N(C(=O)COC(=O)c1ccccc1I)C1CCS(=O)(=O)C1.